The summed E-state index contributed by atoms with van der Waals surface area (Å²) in [5, 5.41) is 9.86. The van der Waals surface area contributed by atoms with E-state index in [1.807, 2.05) is 25.8 Å². The first-order chi connectivity index (χ1) is 9.39. The normalized spacial score (nSPS) is 30.6. The van der Waals surface area contributed by atoms with Gasteiger partial charge in [-0.15, -0.1) is 0 Å². The van der Waals surface area contributed by atoms with Crippen LogP contribution in [0.4, 0.5) is 0 Å². The van der Waals surface area contributed by atoms with E-state index in [4.69, 9.17) is 5.73 Å². The second-order valence-electron chi connectivity index (χ2n) is 5.99. The molecule has 0 bridgehead atoms. The molecule has 20 heavy (non-hydrogen) atoms. The molecule has 1 aliphatic heterocycles. The Morgan fingerprint density at radius 3 is 2.20 bits per heavy atom. The van der Waals surface area contributed by atoms with Crippen molar-refractivity contribution in [3.05, 3.63) is 0 Å². The molecule has 0 aromatic heterocycles. The number of carboxylic acid groups (broad SMARTS) is 1. The maximum Gasteiger partial charge on any atom is 0.312 e. The molecule has 1 fully saturated rings. The van der Waals surface area contributed by atoms with Gasteiger partial charge in [0, 0.05) is 6.54 Å². The molecule has 1 rings (SSSR count). The Morgan fingerprint density at radius 2 is 1.75 bits per heavy atom. The molecular weight excluding hydrogens is 256 g/mol. The molecule has 0 aromatic rings. The predicted octanol–water partition coefficient (Wildman–Crippen LogP) is 2.00. The summed E-state index contributed by atoms with van der Waals surface area (Å²) >= 11 is 0. The van der Waals surface area contributed by atoms with Gasteiger partial charge >= 0.3 is 5.97 Å². The Morgan fingerprint density at radius 1 is 1.20 bits per heavy atom. The van der Waals surface area contributed by atoms with Crippen molar-refractivity contribution >= 4 is 11.9 Å². The van der Waals surface area contributed by atoms with Crippen LogP contribution in [0, 0.1) is 5.41 Å². The summed E-state index contributed by atoms with van der Waals surface area (Å²) in [6.45, 7) is 4.69. The van der Waals surface area contributed by atoms with Crippen LogP contribution in [0.3, 0.4) is 0 Å². The molecule has 3 N–H and O–H groups in total. The standard InChI is InChI=1S/C15H28N2O3/c1-4-6-8-14(13(19)20)10-11-17(3)15(14,12(16)18)9-7-5-2/h4-11H2,1-3H3,(H2,16,18)(H,19,20). The van der Waals surface area contributed by atoms with Crippen LogP contribution in [0.1, 0.15) is 58.8 Å². The van der Waals surface area contributed by atoms with E-state index >= 15 is 0 Å². The van der Waals surface area contributed by atoms with Crippen LogP contribution >= 0.6 is 0 Å². The Labute approximate surface area is 121 Å². The number of likely N-dealkylation sites (N-methyl/N-ethyl adjacent to an activating group) is 1. The van der Waals surface area contributed by atoms with Gasteiger partial charge in [-0.05, 0) is 26.3 Å². The number of amides is 1. The van der Waals surface area contributed by atoms with Crippen LogP contribution in [0.25, 0.3) is 0 Å². The van der Waals surface area contributed by atoms with E-state index in [0.29, 0.717) is 25.8 Å². The Kier molecular flexibility index (Phi) is 5.57. The monoisotopic (exact) mass is 284 g/mol. The number of likely N-dealkylation sites (tertiary alicyclic amines) is 1. The van der Waals surface area contributed by atoms with E-state index in [2.05, 4.69) is 0 Å². The first-order valence-corrected chi connectivity index (χ1v) is 7.63. The lowest BCUT2D eigenvalue weighted by atomic mass is 9.64. The first kappa shape index (κ1) is 17.0. The Bertz CT molecular complexity index is 372. The third-order valence-corrected chi connectivity index (χ3v) is 4.98. The average Bonchev–Trinajstić information content (AvgIpc) is 2.69. The highest BCUT2D eigenvalue weighted by Crippen LogP contribution is 2.51. The van der Waals surface area contributed by atoms with Crippen molar-refractivity contribution in [3.8, 4) is 0 Å². The molecule has 5 heteroatoms. The summed E-state index contributed by atoms with van der Waals surface area (Å²) in [4.78, 5) is 26.1. The summed E-state index contributed by atoms with van der Waals surface area (Å²) in [6.07, 6.45) is 5.02. The van der Waals surface area contributed by atoms with Crippen molar-refractivity contribution in [2.75, 3.05) is 13.6 Å². The lowest BCUT2D eigenvalue weighted by Crippen LogP contribution is -2.63. The van der Waals surface area contributed by atoms with Gasteiger partial charge in [0.2, 0.25) is 5.91 Å². The van der Waals surface area contributed by atoms with E-state index < -0.39 is 22.8 Å². The zero-order valence-electron chi connectivity index (χ0n) is 12.9. The van der Waals surface area contributed by atoms with Crippen molar-refractivity contribution in [3.63, 3.8) is 0 Å². The van der Waals surface area contributed by atoms with Crippen LogP contribution in [0.5, 0.6) is 0 Å². The number of nitrogens with two attached hydrogens (primary N) is 1. The van der Waals surface area contributed by atoms with Crippen LogP contribution in [-0.2, 0) is 9.59 Å². The zero-order valence-corrected chi connectivity index (χ0v) is 12.9. The minimum absolute atomic E-state index is 0.482. The van der Waals surface area contributed by atoms with Crippen molar-refractivity contribution in [2.24, 2.45) is 11.1 Å². The fourth-order valence-electron chi connectivity index (χ4n) is 3.73. The number of carbonyl (C=O) groups excluding carboxylic acids is 1. The number of primary amides is 1. The summed E-state index contributed by atoms with van der Waals surface area (Å²) in [5.41, 5.74) is 3.64. The largest absolute Gasteiger partial charge is 0.481 e. The molecule has 0 radical (unpaired) electrons. The maximum absolute atomic E-state index is 12.2. The van der Waals surface area contributed by atoms with Gasteiger partial charge in [-0.1, -0.05) is 39.5 Å². The number of hydrogen-bond acceptors (Lipinski definition) is 3. The predicted molar refractivity (Wildman–Crippen MR) is 78.3 cm³/mol. The van der Waals surface area contributed by atoms with Gasteiger partial charge in [-0.2, -0.15) is 0 Å². The van der Waals surface area contributed by atoms with Gasteiger partial charge in [0.1, 0.15) is 5.54 Å². The average molecular weight is 284 g/mol. The van der Waals surface area contributed by atoms with Crippen LogP contribution in [-0.4, -0.2) is 41.0 Å². The lowest BCUT2D eigenvalue weighted by Gasteiger charge is -2.44. The van der Waals surface area contributed by atoms with Crippen LogP contribution in [0.2, 0.25) is 0 Å². The third kappa shape index (κ3) is 2.43. The highest BCUT2D eigenvalue weighted by Gasteiger charge is 2.64. The Balaban J connectivity index is 3.29. The number of carboxylic acids is 1. The van der Waals surface area contributed by atoms with E-state index in [1.165, 1.54) is 0 Å². The van der Waals surface area contributed by atoms with Crippen LogP contribution in [0.15, 0.2) is 0 Å². The minimum atomic E-state index is -1.04. The quantitative estimate of drug-likeness (QED) is 0.714. The fourth-order valence-corrected chi connectivity index (χ4v) is 3.73. The van der Waals surface area contributed by atoms with Crippen molar-refractivity contribution in [1.29, 1.82) is 0 Å². The number of nitrogens with zero attached hydrogens (tertiary/aromatic N) is 1. The van der Waals surface area contributed by atoms with Gasteiger partial charge in [-0.25, -0.2) is 0 Å². The topological polar surface area (TPSA) is 83.6 Å². The van der Waals surface area contributed by atoms with Gasteiger partial charge in [0.05, 0.1) is 5.41 Å². The second kappa shape index (κ2) is 6.57. The molecule has 2 unspecified atom stereocenters. The summed E-state index contributed by atoms with van der Waals surface area (Å²) in [7, 11) is 1.83. The molecule has 1 amide bonds. The molecule has 0 saturated carbocycles. The van der Waals surface area contributed by atoms with E-state index in [0.717, 1.165) is 25.7 Å². The summed E-state index contributed by atoms with van der Waals surface area (Å²) < 4.78 is 0. The molecule has 1 aliphatic rings. The van der Waals surface area contributed by atoms with Gasteiger partial charge in [0.25, 0.3) is 0 Å². The van der Waals surface area contributed by atoms with E-state index in [-0.39, 0.29) is 0 Å². The number of unbranched alkanes of at least 4 members (excludes halogenated alkanes) is 2. The van der Waals surface area contributed by atoms with E-state index in [9.17, 15) is 14.7 Å². The molecular formula is C15H28N2O3. The number of aliphatic carboxylic acids is 1. The summed E-state index contributed by atoms with van der Waals surface area (Å²) in [5.74, 6) is -1.35. The van der Waals surface area contributed by atoms with Gasteiger partial charge < -0.3 is 10.8 Å². The van der Waals surface area contributed by atoms with Crippen molar-refractivity contribution in [1.82, 2.24) is 4.90 Å². The molecule has 1 saturated heterocycles. The van der Waals surface area contributed by atoms with Gasteiger partial charge in [0.15, 0.2) is 0 Å². The molecule has 0 spiro atoms. The maximum atomic E-state index is 12.2. The van der Waals surface area contributed by atoms with Gasteiger partial charge in [-0.3, -0.25) is 14.5 Å². The van der Waals surface area contributed by atoms with Crippen LogP contribution < -0.4 is 5.73 Å². The smallest absolute Gasteiger partial charge is 0.312 e. The number of carbonyl (C=O) groups is 2. The van der Waals surface area contributed by atoms with Crippen molar-refractivity contribution in [2.45, 2.75) is 64.3 Å². The Hall–Kier alpha value is -1.10. The zero-order chi connectivity index (χ0) is 15.4. The molecule has 0 aliphatic carbocycles. The minimum Gasteiger partial charge on any atom is -0.481 e. The fraction of sp³-hybridized carbons (Fsp3) is 0.867. The number of rotatable bonds is 8. The van der Waals surface area contributed by atoms with E-state index in [1.54, 1.807) is 0 Å². The second-order valence-corrected chi connectivity index (χ2v) is 5.99. The summed E-state index contributed by atoms with van der Waals surface area (Å²) in [6, 6.07) is 0. The first-order valence-electron chi connectivity index (χ1n) is 7.63. The highest BCUT2D eigenvalue weighted by molar-refractivity contribution is 5.94. The molecule has 0 aromatic carbocycles. The third-order valence-electron chi connectivity index (χ3n) is 4.98. The molecule has 5 nitrogen and oxygen atoms in total. The highest BCUT2D eigenvalue weighted by atomic mass is 16.4. The SMILES string of the molecule is CCCCC1(C(=O)O)CCN(C)C1(CCCC)C(N)=O. The number of hydrogen-bond donors (Lipinski definition) is 2. The molecule has 2 atom stereocenters. The lowest BCUT2D eigenvalue weighted by molar-refractivity contribution is -0.161. The molecule has 116 valence electrons. The molecule has 1 heterocycles. The van der Waals surface area contributed by atoms with Crippen molar-refractivity contribution < 1.29 is 14.7 Å².